The van der Waals surface area contributed by atoms with Crippen molar-refractivity contribution in [3.63, 3.8) is 0 Å². The highest BCUT2D eigenvalue weighted by Gasteiger charge is 2.02. The molecule has 2 aromatic rings. The summed E-state index contributed by atoms with van der Waals surface area (Å²) in [5.41, 5.74) is 0.894. The molecule has 0 aliphatic rings. The lowest BCUT2D eigenvalue weighted by molar-refractivity contribution is 0.456. The van der Waals surface area contributed by atoms with Crippen molar-refractivity contribution in [2.45, 2.75) is 20.4 Å². The highest BCUT2D eigenvalue weighted by molar-refractivity contribution is 9.10. The van der Waals surface area contributed by atoms with Crippen LogP contribution in [0.5, 0.6) is 11.6 Å². The number of pyridine rings is 1. The van der Waals surface area contributed by atoms with Gasteiger partial charge in [0, 0.05) is 17.2 Å². The summed E-state index contributed by atoms with van der Waals surface area (Å²) in [7, 11) is 0. The molecule has 0 radical (unpaired) electrons. The van der Waals surface area contributed by atoms with E-state index in [2.05, 4.69) is 50.0 Å². The summed E-state index contributed by atoms with van der Waals surface area (Å²) >= 11 is 3.34. The van der Waals surface area contributed by atoms with Gasteiger partial charge in [0.1, 0.15) is 5.75 Å². The second-order valence-electron chi connectivity index (χ2n) is 4.81. The van der Waals surface area contributed by atoms with E-state index in [1.165, 1.54) is 0 Å². The van der Waals surface area contributed by atoms with E-state index in [-0.39, 0.29) is 0 Å². The van der Waals surface area contributed by atoms with Crippen molar-refractivity contribution in [3.8, 4) is 11.6 Å². The standard InChI is InChI=1S/C14H17BrN4O/c1-10(2)4-16-6-12-7-19-14(9-18-12)20-13-3-11(15)5-17-8-13/h3,5,7-10,16H,4,6H2,1-2H3. The quantitative estimate of drug-likeness (QED) is 0.877. The smallest absolute Gasteiger partial charge is 0.237 e. The van der Waals surface area contributed by atoms with Gasteiger partial charge in [-0.15, -0.1) is 0 Å². The molecular weight excluding hydrogens is 320 g/mol. The molecule has 0 atom stereocenters. The molecule has 5 nitrogen and oxygen atoms in total. The number of nitrogens with one attached hydrogen (secondary N) is 1. The highest BCUT2D eigenvalue weighted by atomic mass is 79.9. The third-order valence-electron chi connectivity index (χ3n) is 2.44. The molecule has 0 aliphatic heterocycles. The fourth-order valence-corrected chi connectivity index (χ4v) is 1.89. The Balaban J connectivity index is 1.91. The van der Waals surface area contributed by atoms with Crippen molar-refractivity contribution in [2.75, 3.05) is 6.54 Å². The molecule has 0 unspecified atom stereocenters. The third kappa shape index (κ3) is 4.86. The van der Waals surface area contributed by atoms with Crippen molar-refractivity contribution >= 4 is 15.9 Å². The van der Waals surface area contributed by atoms with Crippen LogP contribution >= 0.6 is 15.9 Å². The Bertz CT molecular complexity index is 545. The van der Waals surface area contributed by atoms with E-state index in [0.717, 1.165) is 16.7 Å². The second kappa shape index (κ2) is 7.31. The minimum atomic E-state index is 0.456. The first-order valence-corrected chi connectivity index (χ1v) is 7.23. The first-order valence-electron chi connectivity index (χ1n) is 6.43. The molecule has 106 valence electrons. The number of ether oxygens (including phenoxy) is 1. The maximum absolute atomic E-state index is 5.57. The van der Waals surface area contributed by atoms with E-state index in [1.54, 1.807) is 24.8 Å². The Morgan fingerprint density at radius 2 is 2.05 bits per heavy atom. The molecule has 6 heteroatoms. The number of halogens is 1. The van der Waals surface area contributed by atoms with Crippen LogP contribution in [-0.4, -0.2) is 21.5 Å². The van der Waals surface area contributed by atoms with Gasteiger partial charge in [0.15, 0.2) is 0 Å². The molecule has 0 saturated carbocycles. The zero-order chi connectivity index (χ0) is 14.4. The first kappa shape index (κ1) is 14.9. The lowest BCUT2D eigenvalue weighted by Gasteiger charge is -2.07. The summed E-state index contributed by atoms with van der Waals surface area (Å²) in [6, 6.07) is 1.83. The van der Waals surface area contributed by atoms with E-state index in [1.807, 2.05) is 6.07 Å². The van der Waals surface area contributed by atoms with Crippen molar-refractivity contribution in [1.29, 1.82) is 0 Å². The maximum Gasteiger partial charge on any atom is 0.237 e. The van der Waals surface area contributed by atoms with Gasteiger partial charge in [0.2, 0.25) is 5.88 Å². The number of hydrogen-bond acceptors (Lipinski definition) is 5. The van der Waals surface area contributed by atoms with Gasteiger partial charge in [-0.05, 0) is 34.5 Å². The fraction of sp³-hybridized carbons (Fsp3) is 0.357. The lowest BCUT2D eigenvalue weighted by Crippen LogP contribution is -2.19. The number of aromatic nitrogens is 3. The summed E-state index contributed by atoms with van der Waals surface area (Å²) in [5, 5.41) is 3.32. The molecule has 2 heterocycles. The second-order valence-corrected chi connectivity index (χ2v) is 5.73. The van der Waals surface area contributed by atoms with Crippen LogP contribution in [0.2, 0.25) is 0 Å². The molecule has 0 fully saturated rings. The third-order valence-corrected chi connectivity index (χ3v) is 2.88. The molecule has 1 N–H and O–H groups in total. The van der Waals surface area contributed by atoms with Gasteiger partial charge >= 0.3 is 0 Å². The minimum Gasteiger partial charge on any atom is -0.436 e. The van der Waals surface area contributed by atoms with Crippen molar-refractivity contribution in [2.24, 2.45) is 5.92 Å². The van der Waals surface area contributed by atoms with Crippen LogP contribution in [0.1, 0.15) is 19.5 Å². The molecule has 0 aliphatic carbocycles. The van der Waals surface area contributed by atoms with Crippen LogP contribution < -0.4 is 10.1 Å². The Morgan fingerprint density at radius 1 is 1.20 bits per heavy atom. The Hall–Kier alpha value is -1.53. The highest BCUT2D eigenvalue weighted by Crippen LogP contribution is 2.20. The summed E-state index contributed by atoms with van der Waals surface area (Å²) in [4.78, 5) is 12.6. The molecule has 20 heavy (non-hydrogen) atoms. The molecule has 0 spiro atoms. The van der Waals surface area contributed by atoms with Crippen LogP contribution in [0.15, 0.2) is 35.3 Å². The Labute approximate surface area is 127 Å². The van der Waals surface area contributed by atoms with Crippen LogP contribution in [0, 0.1) is 5.92 Å². The number of hydrogen-bond donors (Lipinski definition) is 1. The predicted octanol–water partition coefficient (Wildman–Crippen LogP) is 3.17. The van der Waals surface area contributed by atoms with Gasteiger partial charge in [-0.3, -0.25) is 9.97 Å². The number of nitrogens with zero attached hydrogens (tertiary/aromatic N) is 3. The maximum atomic E-state index is 5.57. The largest absolute Gasteiger partial charge is 0.436 e. The average molecular weight is 337 g/mol. The van der Waals surface area contributed by atoms with Crippen molar-refractivity contribution in [1.82, 2.24) is 20.3 Å². The molecule has 0 saturated heterocycles. The summed E-state index contributed by atoms with van der Waals surface area (Å²) < 4.78 is 6.43. The van der Waals surface area contributed by atoms with Gasteiger partial charge in [-0.25, -0.2) is 4.98 Å². The predicted molar refractivity (Wildman–Crippen MR) is 80.6 cm³/mol. The van der Waals surface area contributed by atoms with Gasteiger partial charge in [0.25, 0.3) is 0 Å². The molecule has 0 amide bonds. The molecular formula is C14H17BrN4O. The zero-order valence-corrected chi connectivity index (χ0v) is 13.1. The van der Waals surface area contributed by atoms with Crippen LogP contribution in [0.3, 0.4) is 0 Å². The molecule has 0 aromatic carbocycles. The fourth-order valence-electron chi connectivity index (χ4n) is 1.54. The first-order chi connectivity index (χ1) is 9.63. The Morgan fingerprint density at radius 3 is 2.70 bits per heavy atom. The SMILES string of the molecule is CC(C)CNCc1cnc(Oc2cncc(Br)c2)cn1. The van der Waals surface area contributed by atoms with Gasteiger partial charge in [-0.2, -0.15) is 0 Å². The average Bonchev–Trinajstić information content (AvgIpc) is 2.40. The normalized spacial score (nSPS) is 10.8. The van der Waals surface area contributed by atoms with Crippen LogP contribution in [0.25, 0.3) is 0 Å². The van der Waals surface area contributed by atoms with E-state index in [9.17, 15) is 0 Å². The van der Waals surface area contributed by atoms with Gasteiger partial charge in [-0.1, -0.05) is 13.8 Å². The molecule has 2 rings (SSSR count). The van der Waals surface area contributed by atoms with Crippen molar-refractivity contribution < 1.29 is 4.74 Å². The van der Waals surface area contributed by atoms with Crippen LogP contribution in [-0.2, 0) is 6.54 Å². The van der Waals surface area contributed by atoms with E-state index < -0.39 is 0 Å². The molecule has 2 aromatic heterocycles. The summed E-state index contributed by atoms with van der Waals surface area (Å²) in [5.74, 6) is 1.70. The van der Waals surface area contributed by atoms with Crippen molar-refractivity contribution in [3.05, 3.63) is 41.0 Å². The zero-order valence-electron chi connectivity index (χ0n) is 11.5. The monoisotopic (exact) mass is 336 g/mol. The lowest BCUT2D eigenvalue weighted by atomic mass is 10.2. The van der Waals surface area contributed by atoms with E-state index in [0.29, 0.717) is 24.1 Å². The van der Waals surface area contributed by atoms with E-state index >= 15 is 0 Å². The van der Waals surface area contributed by atoms with Gasteiger partial charge in [0.05, 0.1) is 24.3 Å². The number of rotatable bonds is 6. The minimum absolute atomic E-state index is 0.456. The van der Waals surface area contributed by atoms with Crippen LogP contribution in [0.4, 0.5) is 0 Å². The summed E-state index contributed by atoms with van der Waals surface area (Å²) in [6.07, 6.45) is 6.66. The van der Waals surface area contributed by atoms with Gasteiger partial charge < -0.3 is 10.1 Å². The molecule has 0 bridgehead atoms. The van der Waals surface area contributed by atoms with E-state index in [4.69, 9.17) is 4.74 Å². The topological polar surface area (TPSA) is 59.9 Å². The Kier molecular flexibility index (Phi) is 5.43. The summed E-state index contributed by atoms with van der Waals surface area (Å²) in [6.45, 7) is 6.01.